The Balaban J connectivity index is 2.17. The second-order valence-electron chi connectivity index (χ2n) is 3.88. The number of rotatable bonds is 3. The molecule has 0 spiro atoms. The van der Waals surface area contributed by atoms with Crippen molar-refractivity contribution in [3.63, 3.8) is 0 Å². The highest BCUT2D eigenvalue weighted by molar-refractivity contribution is 5.22. The van der Waals surface area contributed by atoms with E-state index in [2.05, 4.69) is 0 Å². The van der Waals surface area contributed by atoms with E-state index in [1.165, 1.54) is 6.07 Å². The van der Waals surface area contributed by atoms with Crippen LogP contribution in [-0.2, 0) is 0 Å². The standard InChI is InChI=1S/C11H14FNO/c12-9-4-2-1-3-8(9)10(13)11(14)7-5-6-7/h1-4,7,10-11,14H,5-6,13H2. The molecule has 2 nitrogen and oxygen atoms in total. The normalized spacial score (nSPS) is 20.5. The highest BCUT2D eigenvalue weighted by atomic mass is 19.1. The average Bonchev–Trinajstić information content (AvgIpc) is 3.00. The van der Waals surface area contributed by atoms with Crippen molar-refractivity contribution in [3.8, 4) is 0 Å². The number of hydrogen-bond acceptors (Lipinski definition) is 2. The lowest BCUT2D eigenvalue weighted by atomic mass is 9.99. The molecule has 2 rings (SSSR count). The van der Waals surface area contributed by atoms with Gasteiger partial charge >= 0.3 is 0 Å². The van der Waals surface area contributed by atoms with Crippen molar-refractivity contribution in [1.82, 2.24) is 0 Å². The molecule has 1 aliphatic rings. The summed E-state index contributed by atoms with van der Waals surface area (Å²) in [6.07, 6.45) is 1.40. The molecule has 1 aromatic rings. The SMILES string of the molecule is NC(c1ccccc1F)C(O)C1CC1. The molecule has 76 valence electrons. The molecule has 0 aromatic heterocycles. The minimum absolute atomic E-state index is 0.268. The Bertz CT molecular complexity index is 325. The molecule has 3 N–H and O–H groups in total. The van der Waals surface area contributed by atoms with Gasteiger partial charge in [0.2, 0.25) is 0 Å². The van der Waals surface area contributed by atoms with Crippen molar-refractivity contribution in [2.45, 2.75) is 25.0 Å². The van der Waals surface area contributed by atoms with Crippen molar-refractivity contribution in [1.29, 1.82) is 0 Å². The number of aliphatic hydroxyl groups excluding tert-OH is 1. The summed E-state index contributed by atoms with van der Waals surface area (Å²) < 4.78 is 13.3. The van der Waals surface area contributed by atoms with Crippen molar-refractivity contribution in [3.05, 3.63) is 35.6 Å². The Kier molecular flexibility index (Phi) is 2.52. The second-order valence-corrected chi connectivity index (χ2v) is 3.88. The van der Waals surface area contributed by atoms with Crippen LogP contribution in [0.25, 0.3) is 0 Å². The van der Waals surface area contributed by atoms with Gasteiger partial charge in [-0.15, -0.1) is 0 Å². The molecular formula is C11H14FNO. The number of halogens is 1. The average molecular weight is 195 g/mol. The van der Waals surface area contributed by atoms with E-state index in [-0.39, 0.29) is 11.7 Å². The molecule has 0 bridgehead atoms. The Morgan fingerprint density at radius 2 is 2.00 bits per heavy atom. The monoisotopic (exact) mass is 195 g/mol. The van der Waals surface area contributed by atoms with Crippen LogP contribution in [-0.4, -0.2) is 11.2 Å². The quantitative estimate of drug-likeness (QED) is 0.769. The van der Waals surface area contributed by atoms with Gasteiger partial charge in [-0.25, -0.2) is 4.39 Å². The third-order valence-electron chi connectivity index (χ3n) is 2.74. The summed E-state index contributed by atoms with van der Waals surface area (Å²) in [6.45, 7) is 0. The molecule has 2 unspecified atom stereocenters. The van der Waals surface area contributed by atoms with E-state index in [0.717, 1.165) is 12.8 Å². The van der Waals surface area contributed by atoms with Crippen molar-refractivity contribution in [2.24, 2.45) is 11.7 Å². The van der Waals surface area contributed by atoms with Crippen LogP contribution in [0.15, 0.2) is 24.3 Å². The van der Waals surface area contributed by atoms with Crippen molar-refractivity contribution in [2.75, 3.05) is 0 Å². The van der Waals surface area contributed by atoms with E-state index < -0.39 is 12.1 Å². The zero-order chi connectivity index (χ0) is 10.1. The molecule has 0 amide bonds. The van der Waals surface area contributed by atoms with Crippen LogP contribution >= 0.6 is 0 Å². The third kappa shape index (κ3) is 1.79. The van der Waals surface area contributed by atoms with Crippen LogP contribution in [0.2, 0.25) is 0 Å². The zero-order valence-corrected chi connectivity index (χ0v) is 7.86. The molecule has 1 aromatic carbocycles. The molecule has 0 aliphatic heterocycles. The molecule has 14 heavy (non-hydrogen) atoms. The van der Waals surface area contributed by atoms with Gasteiger partial charge in [-0.1, -0.05) is 18.2 Å². The van der Waals surface area contributed by atoms with Crippen LogP contribution in [0.1, 0.15) is 24.4 Å². The summed E-state index contributed by atoms with van der Waals surface area (Å²) in [4.78, 5) is 0. The predicted octanol–water partition coefficient (Wildman–Crippen LogP) is 1.60. The lowest BCUT2D eigenvalue weighted by Crippen LogP contribution is -2.28. The summed E-state index contributed by atoms with van der Waals surface area (Å²) >= 11 is 0. The highest BCUT2D eigenvalue weighted by Gasteiger charge is 2.34. The molecule has 1 saturated carbocycles. The fourth-order valence-corrected chi connectivity index (χ4v) is 1.66. The van der Waals surface area contributed by atoms with E-state index in [1.807, 2.05) is 0 Å². The molecular weight excluding hydrogens is 181 g/mol. The molecule has 3 heteroatoms. The smallest absolute Gasteiger partial charge is 0.128 e. The van der Waals surface area contributed by atoms with Gasteiger partial charge in [-0.3, -0.25) is 0 Å². The van der Waals surface area contributed by atoms with Crippen LogP contribution in [0.4, 0.5) is 4.39 Å². The van der Waals surface area contributed by atoms with Gasteiger partial charge in [0, 0.05) is 5.56 Å². The molecule has 0 saturated heterocycles. The molecule has 1 fully saturated rings. The Morgan fingerprint density at radius 1 is 1.36 bits per heavy atom. The van der Waals surface area contributed by atoms with Gasteiger partial charge in [0.15, 0.2) is 0 Å². The van der Waals surface area contributed by atoms with Gasteiger partial charge in [-0.2, -0.15) is 0 Å². The van der Waals surface area contributed by atoms with Crippen LogP contribution < -0.4 is 5.73 Å². The largest absolute Gasteiger partial charge is 0.391 e. The fourth-order valence-electron chi connectivity index (χ4n) is 1.66. The van der Waals surface area contributed by atoms with E-state index >= 15 is 0 Å². The second kappa shape index (κ2) is 3.67. The van der Waals surface area contributed by atoms with Gasteiger partial charge in [0.1, 0.15) is 5.82 Å². The van der Waals surface area contributed by atoms with Gasteiger partial charge in [0.25, 0.3) is 0 Å². The van der Waals surface area contributed by atoms with Crippen LogP contribution in [0.3, 0.4) is 0 Å². The highest BCUT2D eigenvalue weighted by Crippen LogP contribution is 2.37. The summed E-state index contributed by atoms with van der Waals surface area (Å²) in [6, 6.07) is 5.76. The molecule has 2 atom stereocenters. The van der Waals surface area contributed by atoms with Crippen LogP contribution in [0.5, 0.6) is 0 Å². The van der Waals surface area contributed by atoms with Crippen molar-refractivity contribution < 1.29 is 9.50 Å². The number of nitrogens with two attached hydrogens (primary N) is 1. The van der Waals surface area contributed by atoms with E-state index in [0.29, 0.717) is 5.56 Å². The number of aliphatic hydroxyl groups is 1. The van der Waals surface area contributed by atoms with Gasteiger partial charge in [0.05, 0.1) is 12.1 Å². The van der Waals surface area contributed by atoms with Gasteiger partial charge < -0.3 is 10.8 Å². The minimum atomic E-state index is -0.605. The predicted molar refractivity (Wildman–Crippen MR) is 52.1 cm³/mol. The van der Waals surface area contributed by atoms with E-state index in [1.54, 1.807) is 18.2 Å². The van der Waals surface area contributed by atoms with E-state index in [4.69, 9.17) is 5.73 Å². The lowest BCUT2D eigenvalue weighted by Gasteiger charge is -2.19. The molecule has 0 heterocycles. The first-order valence-corrected chi connectivity index (χ1v) is 4.88. The summed E-state index contributed by atoms with van der Waals surface area (Å²) in [7, 11) is 0. The van der Waals surface area contributed by atoms with Gasteiger partial charge in [-0.05, 0) is 24.8 Å². The maximum absolute atomic E-state index is 13.3. The Labute approximate surface area is 82.5 Å². The summed E-state index contributed by atoms with van der Waals surface area (Å²) in [5.74, 6) is -0.0655. The molecule has 1 aliphatic carbocycles. The first-order chi connectivity index (χ1) is 6.70. The van der Waals surface area contributed by atoms with Crippen LogP contribution in [0, 0.1) is 11.7 Å². The summed E-state index contributed by atoms with van der Waals surface area (Å²) in [5, 5.41) is 9.74. The zero-order valence-electron chi connectivity index (χ0n) is 7.86. The maximum Gasteiger partial charge on any atom is 0.128 e. The number of benzene rings is 1. The molecule has 0 radical (unpaired) electrons. The first kappa shape index (κ1) is 9.62. The Morgan fingerprint density at radius 3 is 2.57 bits per heavy atom. The summed E-state index contributed by atoms with van der Waals surface area (Å²) in [5.41, 5.74) is 6.20. The Hall–Kier alpha value is -0.930. The lowest BCUT2D eigenvalue weighted by molar-refractivity contribution is 0.121. The minimum Gasteiger partial charge on any atom is -0.391 e. The topological polar surface area (TPSA) is 46.2 Å². The fraction of sp³-hybridized carbons (Fsp3) is 0.455. The first-order valence-electron chi connectivity index (χ1n) is 4.88. The maximum atomic E-state index is 13.3. The third-order valence-corrected chi connectivity index (χ3v) is 2.74. The van der Waals surface area contributed by atoms with E-state index in [9.17, 15) is 9.50 Å². The number of hydrogen-bond donors (Lipinski definition) is 2. The van der Waals surface area contributed by atoms with Crippen molar-refractivity contribution >= 4 is 0 Å².